The fourth-order valence-corrected chi connectivity index (χ4v) is 2.46. The summed E-state index contributed by atoms with van der Waals surface area (Å²) in [5.41, 5.74) is 1.86. The number of imidazole rings is 1. The van der Waals surface area contributed by atoms with Crippen LogP contribution in [0.2, 0.25) is 0 Å². The molecule has 24 heavy (non-hydrogen) atoms. The lowest BCUT2D eigenvalue weighted by atomic mass is 10.1. The molecule has 0 aliphatic carbocycles. The Bertz CT molecular complexity index is 855. The number of benzene rings is 1. The van der Waals surface area contributed by atoms with Crippen molar-refractivity contribution in [2.24, 2.45) is 0 Å². The molecule has 2 heterocycles. The van der Waals surface area contributed by atoms with Gasteiger partial charge in [-0.2, -0.15) is 13.2 Å². The molecular weight excluding hydrogens is 321 g/mol. The summed E-state index contributed by atoms with van der Waals surface area (Å²) in [5.74, 6) is 0.500. The van der Waals surface area contributed by atoms with Crippen LogP contribution >= 0.6 is 0 Å². The normalized spacial score (nSPS) is 11.9. The lowest BCUT2D eigenvalue weighted by molar-refractivity contribution is -0.137. The Morgan fingerprint density at radius 1 is 1.17 bits per heavy atom. The van der Waals surface area contributed by atoms with E-state index in [9.17, 15) is 18.3 Å². The molecule has 0 radical (unpaired) electrons. The first kappa shape index (κ1) is 16.3. The van der Waals surface area contributed by atoms with Crippen LogP contribution in [0.5, 0.6) is 5.75 Å². The van der Waals surface area contributed by atoms with E-state index in [1.54, 1.807) is 29.7 Å². The molecule has 0 fully saturated rings. The number of aryl methyl sites for hydroxylation is 1. The highest BCUT2D eigenvalue weighted by atomic mass is 19.4. The molecule has 3 rings (SSSR count). The smallest absolute Gasteiger partial charge is 0.416 e. The third kappa shape index (κ3) is 3.07. The molecule has 0 aliphatic rings. The van der Waals surface area contributed by atoms with Crippen molar-refractivity contribution in [3.63, 3.8) is 0 Å². The molecule has 0 atom stereocenters. The SMILES string of the molecule is Cc1nc2c(OCc3ccc(C(F)(F)F)cc3)cccn2c1CO. The zero-order valence-corrected chi connectivity index (χ0v) is 12.8. The minimum Gasteiger partial charge on any atom is -0.485 e. The molecule has 0 amide bonds. The van der Waals surface area contributed by atoms with Gasteiger partial charge in [-0.25, -0.2) is 4.98 Å². The van der Waals surface area contributed by atoms with E-state index in [0.717, 1.165) is 12.1 Å². The Balaban J connectivity index is 1.81. The van der Waals surface area contributed by atoms with Crippen molar-refractivity contribution in [3.8, 4) is 5.75 Å². The minimum absolute atomic E-state index is 0.123. The molecule has 0 spiro atoms. The van der Waals surface area contributed by atoms with Gasteiger partial charge in [0.15, 0.2) is 11.4 Å². The number of hydrogen-bond donors (Lipinski definition) is 1. The van der Waals surface area contributed by atoms with Crippen molar-refractivity contribution in [1.82, 2.24) is 9.38 Å². The van der Waals surface area contributed by atoms with Crippen molar-refractivity contribution >= 4 is 5.65 Å². The predicted octanol–water partition coefficient (Wildman–Crippen LogP) is 3.73. The van der Waals surface area contributed by atoms with Gasteiger partial charge in [0.25, 0.3) is 0 Å². The minimum atomic E-state index is -4.35. The fourth-order valence-electron chi connectivity index (χ4n) is 2.46. The number of rotatable bonds is 4. The number of fused-ring (bicyclic) bond motifs is 1. The zero-order valence-electron chi connectivity index (χ0n) is 12.8. The maximum Gasteiger partial charge on any atom is 0.416 e. The van der Waals surface area contributed by atoms with Gasteiger partial charge >= 0.3 is 6.18 Å². The van der Waals surface area contributed by atoms with E-state index >= 15 is 0 Å². The molecule has 4 nitrogen and oxygen atoms in total. The van der Waals surface area contributed by atoms with Crippen LogP contribution in [0.3, 0.4) is 0 Å². The van der Waals surface area contributed by atoms with E-state index in [2.05, 4.69) is 4.98 Å². The van der Waals surface area contributed by atoms with E-state index in [1.807, 2.05) is 0 Å². The molecular formula is C17H15F3N2O2. The number of pyridine rings is 1. The third-order valence-electron chi connectivity index (χ3n) is 3.74. The van der Waals surface area contributed by atoms with Crippen LogP contribution in [0.15, 0.2) is 42.6 Å². The van der Waals surface area contributed by atoms with E-state index in [-0.39, 0.29) is 13.2 Å². The standard InChI is InChI=1S/C17H15F3N2O2/c1-11-14(9-23)22-8-2-3-15(16(22)21-11)24-10-12-4-6-13(7-5-12)17(18,19)20/h2-8,23H,9-10H2,1H3. The van der Waals surface area contributed by atoms with Crippen LogP contribution in [-0.2, 0) is 19.4 Å². The summed E-state index contributed by atoms with van der Waals surface area (Å²) in [6, 6.07) is 8.33. The Morgan fingerprint density at radius 2 is 1.88 bits per heavy atom. The lowest BCUT2D eigenvalue weighted by Gasteiger charge is -2.10. The highest BCUT2D eigenvalue weighted by molar-refractivity contribution is 5.56. The maximum atomic E-state index is 12.6. The molecule has 0 aliphatic heterocycles. The summed E-state index contributed by atoms with van der Waals surface area (Å²) in [6.07, 6.45) is -2.58. The number of nitrogens with zero attached hydrogens (tertiary/aromatic N) is 2. The third-order valence-corrected chi connectivity index (χ3v) is 3.74. The van der Waals surface area contributed by atoms with Gasteiger partial charge in [0.1, 0.15) is 6.61 Å². The van der Waals surface area contributed by atoms with Crippen molar-refractivity contribution in [3.05, 3.63) is 65.1 Å². The van der Waals surface area contributed by atoms with E-state index < -0.39 is 11.7 Å². The van der Waals surface area contributed by atoms with Crippen molar-refractivity contribution < 1.29 is 23.0 Å². The molecule has 0 saturated heterocycles. The van der Waals surface area contributed by atoms with Crippen molar-refractivity contribution in [1.29, 1.82) is 0 Å². The summed E-state index contributed by atoms with van der Waals surface area (Å²) in [5, 5.41) is 9.40. The number of alkyl halides is 3. The quantitative estimate of drug-likeness (QED) is 0.790. The zero-order chi connectivity index (χ0) is 17.3. The van der Waals surface area contributed by atoms with E-state index in [4.69, 9.17) is 4.74 Å². The first-order valence-electron chi connectivity index (χ1n) is 7.26. The number of aliphatic hydroxyl groups is 1. The van der Waals surface area contributed by atoms with Gasteiger partial charge in [0.05, 0.1) is 23.6 Å². The van der Waals surface area contributed by atoms with Gasteiger partial charge in [-0.1, -0.05) is 12.1 Å². The Labute approximate surface area is 136 Å². The van der Waals surface area contributed by atoms with Crippen molar-refractivity contribution in [2.45, 2.75) is 26.3 Å². The van der Waals surface area contributed by atoms with Gasteiger partial charge in [-0.05, 0) is 36.8 Å². The molecule has 0 saturated carbocycles. The van der Waals surface area contributed by atoms with Crippen LogP contribution in [-0.4, -0.2) is 14.5 Å². The number of aliphatic hydroxyl groups excluding tert-OH is 1. The van der Waals surface area contributed by atoms with Gasteiger partial charge in [0.2, 0.25) is 0 Å². The van der Waals surface area contributed by atoms with Crippen LogP contribution in [0.4, 0.5) is 13.2 Å². The summed E-state index contributed by atoms with van der Waals surface area (Å²) < 4.78 is 45.1. The number of hydrogen-bond acceptors (Lipinski definition) is 3. The van der Waals surface area contributed by atoms with E-state index in [0.29, 0.717) is 28.3 Å². The second kappa shape index (κ2) is 6.16. The number of aromatic nitrogens is 2. The second-order valence-corrected chi connectivity index (χ2v) is 5.35. The molecule has 1 N–H and O–H groups in total. The predicted molar refractivity (Wildman–Crippen MR) is 81.6 cm³/mol. The van der Waals surface area contributed by atoms with Crippen LogP contribution in [0.25, 0.3) is 5.65 Å². The van der Waals surface area contributed by atoms with Gasteiger partial charge in [-0.3, -0.25) is 4.40 Å². The summed E-state index contributed by atoms with van der Waals surface area (Å²) in [7, 11) is 0. The molecule has 7 heteroatoms. The fraction of sp³-hybridized carbons (Fsp3) is 0.235. The van der Waals surface area contributed by atoms with Crippen LogP contribution in [0, 0.1) is 6.92 Å². The summed E-state index contributed by atoms with van der Waals surface area (Å²) >= 11 is 0. The molecule has 126 valence electrons. The number of halogens is 3. The molecule has 0 unspecified atom stereocenters. The van der Waals surface area contributed by atoms with Crippen LogP contribution in [0.1, 0.15) is 22.5 Å². The first-order chi connectivity index (χ1) is 11.4. The summed E-state index contributed by atoms with van der Waals surface area (Å²) in [6.45, 7) is 1.77. The molecule has 1 aromatic carbocycles. The molecule has 3 aromatic rings. The highest BCUT2D eigenvalue weighted by Crippen LogP contribution is 2.29. The van der Waals surface area contributed by atoms with Crippen LogP contribution < -0.4 is 4.74 Å². The Kier molecular flexibility index (Phi) is 4.19. The topological polar surface area (TPSA) is 46.8 Å². The van der Waals surface area contributed by atoms with E-state index in [1.165, 1.54) is 12.1 Å². The lowest BCUT2D eigenvalue weighted by Crippen LogP contribution is -2.05. The van der Waals surface area contributed by atoms with Crippen molar-refractivity contribution in [2.75, 3.05) is 0 Å². The van der Waals surface area contributed by atoms with Gasteiger partial charge < -0.3 is 9.84 Å². The molecule has 0 bridgehead atoms. The average Bonchev–Trinajstić information content (AvgIpc) is 2.88. The second-order valence-electron chi connectivity index (χ2n) is 5.35. The number of ether oxygens (including phenoxy) is 1. The molecule has 2 aromatic heterocycles. The Hall–Kier alpha value is -2.54. The van der Waals surface area contributed by atoms with Gasteiger partial charge in [-0.15, -0.1) is 0 Å². The highest BCUT2D eigenvalue weighted by Gasteiger charge is 2.29. The summed E-state index contributed by atoms with van der Waals surface area (Å²) in [4.78, 5) is 4.37. The average molecular weight is 336 g/mol. The Morgan fingerprint density at radius 3 is 2.50 bits per heavy atom. The first-order valence-corrected chi connectivity index (χ1v) is 7.26. The maximum absolute atomic E-state index is 12.6. The monoisotopic (exact) mass is 336 g/mol. The largest absolute Gasteiger partial charge is 0.485 e. The van der Waals surface area contributed by atoms with Gasteiger partial charge in [0, 0.05) is 6.20 Å².